The lowest BCUT2D eigenvalue weighted by molar-refractivity contribution is -0.126. The molecule has 1 aromatic rings. The first-order valence-electron chi connectivity index (χ1n) is 6.01. The van der Waals surface area contributed by atoms with E-state index in [-0.39, 0.29) is 30.3 Å². The Morgan fingerprint density at radius 2 is 2.33 bits per heavy atom. The largest absolute Gasteiger partial charge is 0.347 e. The molecule has 0 aromatic carbocycles. The fourth-order valence-corrected chi connectivity index (χ4v) is 2.92. The molecule has 0 aliphatic carbocycles. The Morgan fingerprint density at radius 3 is 2.83 bits per heavy atom. The molecular weight excluding hydrogens is 270 g/mol. The predicted molar refractivity (Wildman–Crippen MR) is 76.2 cm³/mol. The van der Waals surface area contributed by atoms with Gasteiger partial charge in [-0.25, -0.2) is 4.98 Å². The molecule has 18 heavy (non-hydrogen) atoms. The third kappa shape index (κ3) is 3.43. The van der Waals surface area contributed by atoms with Crippen molar-refractivity contribution in [3.05, 3.63) is 16.1 Å². The summed E-state index contributed by atoms with van der Waals surface area (Å²) in [5.41, 5.74) is 1.02. The first-order valence-corrected chi connectivity index (χ1v) is 6.89. The number of aromatic nitrogens is 1. The van der Waals surface area contributed by atoms with Crippen LogP contribution in [0.3, 0.4) is 0 Å². The van der Waals surface area contributed by atoms with Gasteiger partial charge in [0.05, 0.1) is 12.0 Å². The highest BCUT2D eigenvalue weighted by molar-refractivity contribution is 7.09. The summed E-state index contributed by atoms with van der Waals surface area (Å²) in [6, 6.07) is 0.00833. The van der Waals surface area contributed by atoms with Crippen LogP contribution in [0.25, 0.3) is 0 Å². The van der Waals surface area contributed by atoms with Crippen LogP contribution in [0.15, 0.2) is 5.38 Å². The molecule has 2 N–H and O–H groups in total. The van der Waals surface area contributed by atoms with Gasteiger partial charge >= 0.3 is 0 Å². The second kappa shape index (κ2) is 6.50. The van der Waals surface area contributed by atoms with E-state index in [0.717, 1.165) is 23.8 Å². The lowest BCUT2D eigenvalue weighted by Gasteiger charge is -2.17. The molecule has 1 saturated heterocycles. The fourth-order valence-electron chi connectivity index (χ4n) is 2.11. The van der Waals surface area contributed by atoms with Crippen molar-refractivity contribution in [2.24, 2.45) is 11.8 Å². The predicted octanol–water partition coefficient (Wildman–Crippen LogP) is 1.91. The molecule has 0 radical (unpaired) electrons. The smallest absolute Gasteiger partial charge is 0.225 e. The molecule has 0 spiro atoms. The molecule has 0 bridgehead atoms. The van der Waals surface area contributed by atoms with Gasteiger partial charge in [0.15, 0.2) is 0 Å². The number of carbonyl (C=O) groups excluding carboxylic acids is 1. The molecule has 2 heterocycles. The highest BCUT2D eigenvalue weighted by atomic mass is 35.5. The summed E-state index contributed by atoms with van der Waals surface area (Å²) in [7, 11) is 0. The van der Waals surface area contributed by atoms with E-state index in [9.17, 15) is 4.79 Å². The SMILES string of the molecule is Cc1csc(C(C)NC(=O)[C@@H]2CNC[C@H]2C)n1.Cl. The summed E-state index contributed by atoms with van der Waals surface area (Å²) in [5, 5.41) is 9.29. The van der Waals surface area contributed by atoms with Crippen LogP contribution in [0, 0.1) is 18.8 Å². The van der Waals surface area contributed by atoms with Crippen LogP contribution >= 0.6 is 23.7 Å². The molecule has 1 fully saturated rings. The Kier molecular flexibility index (Phi) is 5.56. The Balaban J connectivity index is 0.00000162. The van der Waals surface area contributed by atoms with Gasteiger partial charge < -0.3 is 10.6 Å². The molecule has 2 rings (SSSR count). The highest BCUT2D eigenvalue weighted by Crippen LogP contribution is 2.20. The molecule has 1 unspecified atom stereocenters. The summed E-state index contributed by atoms with van der Waals surface area (Å²) in [6.07, 6.45) is 0. The number of hydrogen-bond acceptors (Lipinski definition) is 4. The van der Waals surface area contributed by atoms with Crippen molar-refractivity contribution in [1.29, 1.82) is 0 Å². The number of nitrogens with one attached hydrogen (secondary N) is 2. The third-order valence-corrected chi connectivity index (χ3v) is 4.37. The Hall–Kier alpha value is -0.650. The van der Waals surface area contributed by atoms with Crippen molar-refractivity contribution < 1.29 is 4.79 Å². The summed E-state index contributed by atoms with van der Waals surface area (Å²) < 4.78 is 0. The van der Waals surface area contributed by atoms with Gasteiger partial charge in [-0.15, -0.1) is 23.7 Å². The zero-order valence-electron chi connectivity index (χ0n) is 10.9. The van der Waals surface area contributed by atoms with Crippen molar-refractivity contribution in [3.8, 4) is 0 Å². The van der Waals surface area contributed by atoms with Crippen LogP contribution in [0.4, 0.5) is 0 Å². The van der Waals surface area contributed by atoms with Gasteiger partial charge in [-0.2, -0.15) is 0 Å². The van der Waals surface area contributed by atoms with E-state index in [1.54, 1.807) is 11.3 Å². The van der Waals surface area contributed by atoms with Gasteiger partial charge in [-0.3, -0.25) is 4.79 Å². The molecule has 4 nitrogen and oxygen atoms in total. The Morgan fingerprint density at radius 1 is 1.61 bits per heavy atom. The Labute approximate surface area is 118 Å². The lowest BCUT2D eigenvalue weighted by atomic mass is 9.97. The van der Waals surface area contributed by atoms with Crippen LogP contribution in [0.2, 0.25) is 0 Å². The van der Waals surface area contributed by atoms with Crippen LogP contribution in [-0.2, 0) is 4.79 Å². The van der Waals surface area contributed by atoms with Crippen molar-refractivity contribution in [3.63, 3.8) is 0 Å². The monoisotopic (exact) mass is 289 g/mol. The van der Waals surface area contributed by atoms with Crippen molar-refractivity contribution in [1.82, 2.24) is 15.6 Å². The number of nitrogens with zero attached hydrogens (tertiary/aromatic N) is 1. The van der Waals surface area contributed by atoms with Gasteiger partial charge in [0.25, 0.3) is 0 Å². The van der Waals surface area contributed by atoms with Crippen molar-refractivity contribution >= 4 is 29.7 Å². The topological polar surface area (TPSA) is 54.0 Å². The van der Waals surface area contributed by atoms with Crippen molar-refractivity contribution in [2.45, 2.75) is 26.8 Å². The first kappa shape index (κ1) is 15.4. The quantitative estimate of drug-likeness (QED) is 0.894. The van der Waals surface area contributed by atoms with Crippen LogP contribution in [0.5, 0.6) is 0 Å². The minimum absolute atomic E-state index is 0. The van der Waals surface area contributed by atoms with Gasteiger partial charge in [0.1, 0.15) is 5.01 Å². The number of halogens is 1. The molecule has 1 aromatic heterocycles. The van der Waals surface area contributed by atoms with E-state index in [1.807, 2.05) is 19.2 Å². The molecule has 0 saturated carbocycles. The maximum absolute atomic E-state index is 12.1. The lowest BCUT2D eigenvalue weighted by Crippen LogP contribution is -2.35. The number of aryl methyl sites for hydroxylation is 1. The zero-order chi connectivity index (χ0) is 12.4. The Bertz CT molecular complexity index is 410. The maximum atomic E-state index is 12.1. The average molecular weight is 290 g/mol. The summed E-state index contributed by atoms with van der Waals surface area (Å²) in [6.45, 7) is 7.79. The zero-order valence-corrected chi connectivity index (χ0v) is 12.5. The maximum Gasteiger partial charge on any atom is 0.225 e. The van der Waals surface area contributed by atoms with E-state index in [2.05, 4.69) is 22.5 Å². The summed E-state index contributed by atoms with van der Waals surface area (Å²) in [4.78, 5) is 16.5. The second-order valence-corrected chi connectivity index (χ2v) is 5.69. The minimum Gasteiger partial charge on any atom is -0.347 e. The van der Waals surface area contributed by atoms with Gasteiger partial charge in [-0.1, -0.05) is 6.92 Å². The normalized spacial score (nSPS) is 24.4. The van der Waals surface area contributed by atoms with E-state index < -0.39 is 0 Å². The molecule has 1 amide bonds. The highest BCUT2D eigenvalue weighted by Gasteiger charge is 2.30. The number of rotatable bonds is 3. The molecule has 1 aliphatic heterocycles. The van der Waals surface area contributed by atoms with E-state index in [1.165, 1.54) is 0 Å². The van der Waals surface area contributed by atoms with E-state index in [0.29, 0.717) is 5.92 Å². The minimum atomic E-state index is 0. The summed E-state index contributed by atoms with van der Waals surface area (Å²) in [5.74, 6) is 0.654. The van der Waals surface area contributed by atoms with Crippen LogP contribution in [0.1, 0.15) is 30.6 Å². The molecule has 3 atom stereocenters. The number of carbonyl (C=O) groups is 1. The second-order valence-electron chi connectivity index (χ2n) is 4.80. The standard InChI is InChI=1S/C12H19N3OS.ClH/c1-7-4-13-5-10(7)11(16)15-9(3)12-14-8(2)6-17-12;/h6-7,9-10,13H,4-5H2,1-3H3,(H,15,16);1H/t7-,9?,10-;/m1./s1. The van der Waals surface area contributed by atoms with Crippen LogP contribution in [-0.4, -0.2) is 24.0 Å². The first-order chi connectivity index (χ1) is 8.08. The molecule has 6 heteroatoms. The van der Waals surface area contributed by atoms with E-state index in [4.69, 9.17) is 0 Å². The molecule has 102 valence electrons. The molecular formula is C12H20ClN3OS. The number of amides is 1. The molecule has 1 aliphatic rings. The number of hydrogen-bond donors (Lipinski definition) is 2. The van der Waals surface area contributed by atoms with Crippen molar-refractivity contribution in [2.75, 3.05) is 13.1 Å². The third-order valence-electron chi connectivity index (χ3n) is 3.22. The van der Waals surface area contributed by atoms with Gasteiger partial charge in [0, 0.05) is 17.6 Å². The van der Waals surface area contributed by atoms with Crippen LogP contribution < -0.4 is 10.6 Å². The van der Waals surface area contributed by atoms with Gasteiger partial charge in [0.2, 0.25) is 5.91 Å². The average Bonchev–Trinajstić information content (AvgIpc) is 2.86. The van der Waals surface area contributed by atoms with E-state index >= 15 is 0 Å². The van der Waals surface area contributed by atoms with Gasteiger partial charge in [-0.05, 0) is 26.3 Å². The fraction of sp³-hybridized carbons (Fsp3) is 0.667. The summed E-state index contributed by atoms with van der Waals surface area (Å²) >= 11 is 1.60. The number of thiazole rings is 1.